The van der Waals surface area contributed by atoms with E-state index in [1.807, 2.05) is 18.2 Å². The molecule has 2 N–H and O–H groups in total. The second-order valence-electron chi connectivity index (χ2n) is 1.49. The molecule has 6 heteroatoms. The topological polar surface area (TPSA) is 62.6 Å². The Balaban J connectivity index is 0.000000187. The zero-order valence-corrected chi connectivity index (χ0v) is 6.05. The Morgan fingerprint density at radius 1 is 1.00 bits per heavy atom. The molecule has 0 aliphatic heterocycles. The first kappa shape index (κ1) is 10.2. The van der Waals surface area contributed by atoms with Crippen molar-refractivity contribution in [3.63, 3.8) is 0 Å². The Labute approximate surface area is 66.5 Å². The van der Waals surface area contributed by atoms with Crippen LogP contribution in [0.25, 0.3) is 0 Å². The van der Waals surface area contributed by atoms with Crippen LogP contribution in [0.1, 0.15) is 0 Å². The van der Waals surface area contributed by atoms with E-state index in [0.717, 1.165) is 0 Å². The molecule has 0 aromatic carbocycles. The molecule has 0 saturated heterocycles. The van der Waals surface area contributed by atoms with E-state index in [9.17, 15) is 0 Å². The molecule has 1 aromatic rings. The molecule has 0 radical (unpaired) electrons. The summed E-state index contributed by atoms with van der Waals surface area (Å²) in [6, 6.07) is 5.72. The Morgan fingerprint density at radius 2 is 1.55 bits per heavy atom. The van der Waals surface area contributed by atoms with E-state index < -0.39 is 15.4 Å². The smallest absolute Gasteiger partial charge is 0.421 e. The highest BCUT2D eigenvalue weighted by atomic mass is 16.5. The van der Waals surface area contributed by atoms with Crippen LogP contribution < -0.4 is 0 Å². The lowest BCUT2D eigenvalue weighted by molar-refractivity contribution is 0.408. The minimum Gasteiger partial charge on any atom is -0.457 e. The first-order valence-electron chi connectivity index (χ1n) is 3.06. The molecule has 0 aliphatic carbocycles. The predicted octanol–water partition coefficient (Wildman–Crippen LogP) is -1.40. The van der Waals surface area contributed by atoms with Gasteiger partial charge in [0, 0.05) is 12.4 Å². The van der Waals surface area contributed by atoms with Crippen LogP contribution in [0.15, 0.2) is 30.6 Å². The molecule has 0 spiro atoms. The third-order valence-electron chi connectivity index (χ3n) is 0.749. The fraction of sp³-hybridized carbons (Fsp3) is 0. The predicted molar refractivity (Wildman–Crippen MR) is 44.1 cm³/mol. The summed E-state index contributed by atoms with van der Waals surface area (Å²) in [5, 5.41) is 15.4. The molecule has 0 amide bonds. The van der Waals surface area contributed by atoms with Crippen molar-refractivity contribution < 1.29 is 14.6 Å². The van der Waals surface area contributed by atoms with Gasteiger partial charge < -0.3 is 14.6 Å². The molecule has 1 aromatic heterocycles. The van der Waals surface area contributed by atoms with Gasteiger partial charge in [0.2, 0.25) is 0 Å². The van der Waals surface area contributed by atoms with E-state index >= 15 is 0 Å². The third-order valence-corrected chi connectivity index (χ3v) is 0.749. The molecule has 1 heterocycles. The van der Waals surface area contributed by atoms with Crippen LogP contribution >= 0.6 is 0 Å². The van der Waals surface area contributed by atoms with Crippen molar-refractivity contribution in [2.24, 2.45) is 0 Å². The Bertz CT molecular complexity index is 123. The van der Waals surface area contributed by atoms with E-state index in [1.165, 1.54) is 0 Å². The summed E-state index contributed by atoms with van der Waals surface area (Å²) in [4.78, 5) is 3.78. The van der Waals surface area contributed by atoms with Crippen molar-refractivity contribution in [2.45, 2.75) is 0 Å². The Kier molecular flexibility index (Phi) is 8.46. The lowest BCUT2D eigenvalue weighted by atomic mass is 10.3. The first-order chi connectivity index (χ1) is 5.41. The van der Waals surface area contributed by atoms with Gasteiger partial charge in [-0.2, -0.15) is 0 Å². The van der Waals surface area contributed by atoms with E-state index in [-0.39, 0.29) is 0 Å². The second kappa shape index (κ2) is 9.16. The minimum absolute atomic E-state index is 0.406. The van der Waals surface area contributed by atoms with Gasteiger partial charge in [0.1, 0.15) is 0 Å². The van der Waals surface area contributed by atoms with E-state index in [1.54, 1.807) is 12.4 Å². The van der Waals surface area contributed by atoms with Crippen LogP contribution in [0.2, 0.25) is 0 Å². The van der Waals surface area contributed by atoms with E-state index in [4.69, 9.17) is 10.0 Å². The fourth-order valence-corrected chi connectivity index (χ4v) is 0.353. The zero-order chi connectivity index (χ0) is 8.36. The lowest BCUT2D eigenvalue weighted by Gasteiger charge is -1.80. The monoisotopic (exact) mass is 153 g/mol. The van der Waals surface area contributed by atoms with Gasteiger partial charge in [-0.05, 0) is 12.1 Å². The maximum Gasteiger partial charge on any atom is 0.421 e. The van der Waals surface area contributed by atoms with Crippen LogP contribution in [-0.4, -0.2) is 30.4 Å². The van der Waals surface area contributed by atoms with Gasteiger partial charge in [-0.1, -0.05) is 6.07 Å². The molecular weight excluding hydrogens is 144 g/mol. The molecule has 0 unspecified atom stereocenters. The average molecular weight is 153 g/mol. The summed E-state index contributed by atoms with van der Waals surface area (Å²) < 4.78 is 3.94. The quantitative estimate of drug-likeness (QED) is 0.512. The normalized spacial score (nSPS) is 7.45. The first-order valence-corrected chi connectivity index (χ1v) is 3.06. The number of nitrogens with zero attached hydrogens (tertiary/aromatic N) is 1. The van der Waals surface area contributed by atoms with Crippen molar-refractivity contribution in [3.05, 3.63) is 30.6 Å². The molecule has 0 atom stereocenters. The number of pyridine rings is 1. The van der Waals surface area contributed by atoms with Crippen LogP contribution in [0, 0.1) is 0 Å². The van der Waals surface area contributed by atoms with E-state index in [0.29, 0.717) is 0 Å². The van der Waals surface area contributed by atoms with Crippen LogP contribution in [0.4, 0.5) is 0 Å². The van der Waals surface area contributed by atoms with Gasteiger partial charge in [0.05, 0.1) is 0 Å². The molecule has 11 heavy (non-hydrogen) atoms. The highest BCUT2D eigenvalue weighted by Gasteiger charge is 1.77. The van der Waals surface area contributed by atoms with Crippen molar-refractivity contribution in [1.82, 2.24) is 4.98 Å². The molecular formula is C5H9B2NO3. The summed E-state index contributed by atoms with van der Waals surface area (Å²) in [6.07, 6.45) is 3.50. The molecule has 1 rings (SSSR count). The van der Waals surface area contributed by atoms with Gasteiger partial charge in [0.15, 0.2) is 0 Å². The second-order valence-corrected chi connectivity index (χ2v) is 1.49. The third kappa shape index (κ3) is 9.16. The molecule has 0 saturated carbocycles. The molecule has 4 nitrogen and oxygen atoms in total. The van der Waals surface area contributed by atoms with Gasteiger partial charge in [-0.25, -0.2) is 0 Å². The lowest BCUT2D eigenvalue weighted by Crippen LogP contribution is -2.00. The van der Waals surface area contributed by atoms with Gasteiger partial charge in [0.25, 0.3) is 0 Å². The summed E-state index contributed by atoms with van der Waals surface area (Å²) in [6.45, 7) is 0. The Hall–Kier alpha value is -0.840. The SMILES string of the molecule is OBOBO.c1ccncc1. The van der Waals surface area contributed by atoms with Crippen molar-refractivity contribution >= 4 is 15.4 Å². The number of rotatable bonds is 2. The van der Waals surface area contributed by atoms with Crippen LogP contribution in [-0.2, 0) is 4.57 Å². The summed E-state index contributed by atoms with van der Waals surface area (Å²) >= 11 is 0. The highest BCUT2D eigenvalue weighted by molar-refractivity contribution is 6.32. The molecule has 0 fully saturated rings. The van der Waals surface area contributed by atoms with Gasteiger partial charge >= 0.3 is 15.4 Å². The minimum atomic E-state index is -0.406. The van der Waals surface area contributed by atoms with Gasteiger partial charge in [-0.15, -0.1) is 0 Å². The number of aromatic nitrogens is 1. The summed E-state index contributed by atoms with van der Waals surface area (Å²) in [5.41, 5.74) is 0. The molecule has 58 valence electrons. The number of hydrogen-bond acceptors (Lipinski definition) is 4. The van der Waals surface area contributed by atoms with E-state index in [2.05, 4.69) is 9.56 Å². The average Bonchev–Trinajstić information content (AvgIpc) is 2.10. The highest BCUT2D eigenvalue weighted by Crippen LogP contribution is 1.73. The van der Waals surface area contributed by atoms with Crippen molar-refractivity contribution in [2.75, 3.05) is 0 Å². The molecule has 0 aliphatic rings. The molecule has 0 bridgehead atoms. The standard InChI is InChI=1S/C5H5N.B2H4O3/c1-2-4-6-5-3-1;3-1-5-2-4/h1-5H;1-4H. The summed E-state index contributed by atoms with van der Waals surface area (Å²) in [5.74, 6) is 0. The zero-order valence-electron chi connectivity index (χ0n) is 6.05. The Morgan fingerprint density at radius 3 is 1.64 bits per heavy atom. The van der Waals surface area contributed by atoms with Crippen molar-refractivity contribution in [1.29, 1.82) is 0 Å². The maximum atomic E-state index is 7.68. The van der Waals surface area contributed by atoms with Gasteiger partial charge in [-0.3, -0.25) is 4.98 Å². The largest absolute Gasteiger partial charge is 0.457 e. The van der Waals surface area contributed by atoms with Crippen LogP contribution in [0.5, 0.6) is 0 Å². The summed E-state index contributed by atoms with van der Waals surface area (Å²) in [7, 11) is -0.812. The van der Waals surface area contributed by atoms with Crippen LogP contribution in [0.3, 0.4) is 0 Å². The fourth-order valence-electron chi connectivity index (χ4n) is 0.353. The van der Waals surface area contributed by atoms with Crippen molar-refractivity contribution in [3.8, 4) is 0 Å². The maximum absolute atomic E-state index is 7.68. The number of hydrogen-bond donors (Lipinski definition) is 2.